The van der Waals surface area contributed by atoms with Gasteiger partial charge in [-0.1, -0.05) is 0 Å². The molecule has 66 valence electrons. The van der Waals surface area contributed by atoms with Crippen LogP contribution in [0.1, 0.15) is 6.92 Å². The molecule has 0 N–H and O–H groups in total. The molecular formula is C7H15NOS2. The number of amides is 1. The molecule has 11 heavy (non-hydrogen) atoms. The number of hydrogen-bond donors (Lipinski definition) is 0. The smallest absolute Gasteiger partial charge is 0.248 e. The lowest BCUT2D eigenvalue weighted by Crippen LogP contribution is -2.38. The molecule has 0 spiro atoms. The fraction of sp³-hybridized carbons (Fsp3) is 0.857. The van der Waals surface area contributed by atoms with Crippen LogP contribution in [-0.4, -0.2) is 41.5 Å². The zero-order valence-corrected chi connectivity index (χ0v) is 9.30. The third kappa shape index (κ3) is 2.60. The molecule has 0 aromatic heterocycles. The number of rotatable bonds is 3. The second kappa shape index (κ2) is 4.26. The van der Waals surface area contributed by atoms with Crippen LogP contribution in [0, 0.1) is 0 Å². The van der Waals surface area contributed by atoms with E-state index >= 15 is 0 Å². The van der Waals surface area contributed by atoms with Gasteiger partial charge in [0.1, 0.15) is 4.08 Å². The van der Waals surface area contributed by atoms with E-state index in [1.54, 1.807) is 42.5 Å². The van der Waals surface area contributed by atoms with Crippen molar-refractivity contribution in [3.63, 3.8) is 0 Å². The Morgan fingerprint density at radius 2 is 1.64 bits per heavy atom. The monoisotopic (exact) mass is 193 g/mol. The van der Waals surface area contributed by atoms with E-state index in [1.165, 1.54) is 0 Å². The quantitative estimate of drug-likeness (QED) is 0.634. The zero-order valence-electron chi connectivity index (χ0n) is 7.67. The fourth-order valence-electron chi connectivity index (χ4n) is 0.664. The maximum Gasteiger partial charge on any atom is 0.248 e. The van der Waals surface area contributed by atoms with Gasteiger partial charge in [-0.3, -0.25) is 4.79 Å². The Balaban J connectivity index is 4.37. The average molecular weight is 193 g/mol. The summed E-state index contributed by atoms with van der Waals surface area (Å²) < 4.78 is -0.316. The van der Waals surface area contributed by atoms with Crippen LogP contribution in [0.4, 0.5) is 0 Å². The Kier molecular flexibility index (Phi) is 4.32. The van der Waals surface area contributed by atoms with Crippen LogP contribution in [0.15, 0.2) is 0 Å². The third-order valence-electron chi connectivity index (χ3n) is 1.57. The van der Waals surface area contributed by atoms with E-state index in [9.17, 15) is 4.79 Å². The van der Waals surface area contributed by atoms with Gasteiger partial charge in [0, 0.05) is 14.1 Å². The minimum absolute atomic E-state index is 0.164. The van der Waals surface area contributed by atoms with Crippen LogP contribution in [0.2, 0.25) is 0 Å². The number of nitrogens with zero attached hydrogens (tertiary/aromatic N) is 1. The van der Waals surface area contributed by atoms with E-state index in [0.717, 1.165) is 0 Å². The normalized spacial score (nSPS) is 11.4. The first kappa shape index (κ1) is 11.2. The highest BCUT2D eigenvalue weighted by Gasteiger charge is 2.32. The summed E-state index contributed by atoms with van der Waals surface area (Å²) in [6.07, 6.45) is 3.91. The fourth-order valence-corrected chi connectivity index (χ4v) is 2.05. The SMILES string of the molecule is CSC(C)(SC)C(=O)N(C)C. The highest BCUT2D eigenvalue weighted by atomic mass is 32.2. The Hall–Kier alpha value is 0.170. The largest absolute Gasteiger partial charge is 0.347 e. The topological polar surface area (TPSA) is 20.3 Å². The molecule has 0 aliphatic heterocycles. The molecule has 0 radical (unpaired) electrons. The highest BCUT2D eigenvalue weighted by Crippen LogP contribution is 2.34. The van der Waals surface area contributed by atoms with Crippen molar-refractivity contribution in [3.05, 3.63) is 0 Å². The standard InChI is InChI=1S/C7H15NOS2/c1-7(10-4,11-5)6(9)8(2)3/h1-5H3. The summed E-state index contributed by atoms with van der Waals surface area (Å²) in [5.74, 6) is 0.164. The molecule has 0 rings (SSSR count). The van der Waals surface area contributed by atoms with Crippen molar-refractivity contribution in [2.24, 2.45) is 0 Å². The van der Waals surface area contributed by atoms with Crippen molar-refractivity contribution in [1.82, 2.24) is 4.90 Å². The van der Waals surface area contributed by atoms with Gasteiger partial charge in [0.25, 0.3) is 0 Å². The summed E-state index contributed by atoms with van der Waals surface area (Å²) in [4.78, 5) is 13.1. The first-order chi connectivity index (χ1) is 4.98. The molecule has 0 bridgehead atoms. The predicted octanol–water partition coefficient (Wildman–Crippen LogP) is 1.52. The number of carbonyl (C=O) groups is 1. The second-order valence-corrected chi connectivity index (χ2v) is 5.26. The van der Waals surface area contributed by atoms with Gasteiger partial charge in [0.15, 0.2) is 0 Å². The Morgan fingerprint density at radius 3 is 1.73 bits per heavy atom. The summed E-state index contributed by atoms with van der Waals surface area (Å²) in [5, 5.41) is 0. The maximum absolute atomic E-state index is 11.5. The molecule has 1 amide bonds. The lowest BCUT2D eigenvalue weighted by Gasteiger charge is -2.27. The second-order valence-electron chi connectivity index (χ2n) is 2.55. The molecule has 0 saturated carbocycles. The lowest BCUT2D eigenvalue weighted by molar-refractivity contribution is -0.128. The minimum Gasteiger partial charge on any atom is -0.347 e. The summed E-state index contributed by atoms with van der Waals surface area (Å²) >= 11 is 3.16. The van der Waals surface area contributed by atoms with E-state index in [1.807, 2.05) is 19.4 Å². The molecule has 0 aliphatic carbocycles. The van der Waals surface area contributed by atoms with Crippen LogP contribution in [-0.2, 0) is 4.79 Å². The Labute approximate surface area is 77.1 Å². The average Bonchev–Trinajstić information content (AvgIpc) is 2.01. The molecule has 0 fully saturated rings. The van der Waals surface area contributed by atoms with Crippen molar-refractivity contribution in [2.75, 3.05) is 26.6 Å². The number of carbonyl (C=O) groups excluding carboxylic acids is 1. The molecule has 0 heterocycles. The van der Waals surface area contributed by atoms with E-state index in [-0.39, 0.29) is 9.99 Å². The van der Waals surface area contributed by atoms with Gasteiger partial charge < -0.3 is 4.90 Å². The van der Waals surface area contributed by atoms with Crippen LogP contribution >= 0.6 is 23.5 Å². The first-order valence-corrected chi connectivity index (χ1v) is 5.75. The van der Waals surface area contributed by atoms with E-state index in [4.69, 9.17) is 0 Å². The lowest BCUT2D eigenvalue weighted by atomic mass is 10.4. The molecule has 0 unspecified atom stereocenters. The van der Waals surface area contributed by atoms with Gasteiger partial charge >= 0.3 is 0 Å². The van der Waals surface area contributed by atoms with Crippen LogP contribution in [0.5, 0.6) is 0 Å². The van der Waals surface area contributed by atoms with Crippen molar-refractivity contribution in [1.29, 1.82) is 0 Å². The molecule has 2 nitrogen and oxygen atoms in total. The maximum atomic E-state index is 11.5. The van der Waals surface area contributed by atoms with Gasteiger partial charge in [-0.15, -0.1) is 23.5 Å². The van der Waals surface area contributed by atoms with Crippen LogP contribution < -0.4 is 0 Å². The van der Waals surface area contributed by atoms with Crippen LogP contribution in [0.3, 0.4) is 0 Å². The number of thioether (sulfide) groups is 2. The van der Waals surface area contributed by atoms with Gasteiger partial charge in [0.2, 0.25) is 5.91 Å². The zero-order chi connectivity index (χ0) is 9.07. The number of hydrogen-bond acceptors (Lipinski definition) is 3. The van der Waals surface area contributed by atoms with Crippen molar-refractivity contribution < 1.29 is 4.79 Å². The van der Waals surface area contributed by atoms with Gasteiger partial charge in [-0.05, 0) is 19.4 Å². The third-order valence-corrected chi connectivity index (χ3v) is 4.48. The van der Waals surface area contributed by atoms with Crippen molar-refractivity contribution in [3.8, 4) is 0 Å². The highest BCUT2D eigenvalue weighted by molar-refractivity contribution is 8.18. The van der Waals surface area contributed by atoms with Gasteiger partial charge in [0.05, 0.1) is 0 Å². The summed E-state index contributed by atoms with van der Waals surface area (Å²) in [6.45, 7) is 1.95. The predicted molar refractivity (Wildman–Crippen MR) is 54.1 cm³/mol. The molecule has 0 atom stereocenters. The summed E-state index contributed by atoms with van der Waals surface area (Å²) in [5.41, 5.74) is 0. The van der Waals surface area contributed by atoms with E-state index in [0.29, 0.717) is 0 Å². The molecule has 0 aliphatic rings. The van der Waals surface area contributed by atoms with E-state index in [2.05, 4.69) is 0 Å². The van der Waals surface area contributed by atoms with Crippen molar-refractivity contribution in [2.45, 2.75) is 11.0 Å². The molecule has 0 aromatic rings. The van der Waals surface area contributed by atoms with Gasteiger partial charge in [-0.2, -0.15) is 0 Å². The summed E-state index contributed by atoms with van der Waals surface area (Å²) in [7, 11) is 3.57. The van der Waals surface area contributed by atoms with Crippen LogP contribution in [0.25, 0.3) is 0 Å². The summed E-state index contributed by atoms with van der Waals surface area (Å²) in [6, 6.07) is 0. The molecule has 4 heteroatoms. The Morgan fingerprint density at radius 1 is 1.27 bits per heavy atom. The molecule has 0 saturated heterocycles. The first-order valence-electron chi connectivity index (χ1n) is 3.30. The molecular weight excluding hydrogens is 178 g/mol. The van der Waals surface area contributed by atoms with E-state index < -0.39 is 0 Å². The van der Waals surface area contributed by atoms with Gasteiger partial charge in [-0.25, -0.2) is 0 Å². The molecule has 0 aromatic carbocycles. The minimum atomic E-state index is -0.316. The Bertz CT molecular complexity index is 143. The van der Waals surface area contributed by atoms with Crippen molar-refractivity contribution >= 4 is 29.4 Å².